The van der Waals surface area contributed by atoms with Crippen LogP contribution in [0.3, 0.4) is 0 Å². The molecule has 2 rings (SSSR count). The van der Waals surface area contributed by atoms with Gasteiger partial charge in [0, 0.05) is 30.3 Å². The Hall–Kier alpha value is -2.27. The molecule has 0 aromatic heterocycles. The second-order valence-corrected chi connectivity index (χ2v) is 5.32. The average Bonchev–Trinajstić information content (AvgIpc) is 2.55. The molecule has 0 aliphatic heterocycles. The van der Waals surface area contributed by atoms with Crippen LogP contribution in [0, 0.1) is 11.6 Å². The lowest BCUT2D eigenvalue weighted by atomic mass is 10.1. The van der Waals surface area contributed by atoms with Crippen molar-refractivity contribution in [2.24, 2.45) is 0 Å². The molecule has 0 aliphatic rings. The monoisotopic (exact) mass is 318 g/mol. The van der Waals surface area contributed by atoms with Crippen LogP contribution >= 0.6 is 0 Å². The number of hydrogen-bond donors (Lipinski definition) is 2. The maximum absolute atomic E-state index is 13.7. The molecule has 0 heterocycles. The molecule has 0 spiro atoms. The van der Waals surface area contributed by atoms with Crippen LogP contribution in [0.1, 0.15) is 41.4 Å². The molecule has 1 atom stereocenters. The molecule has 5 heteroatoms. The first-order valence-electron chi connectivity index (χ1n) is 7.56. The van der Waals surface area contributed by atoms with Crippen molar-refractivity contribution < 1.29 is 13.6 Å². The van der Waals surface area contributed by atoms with Gasteiger partial charge in [0.05, 0.1) is 0 Å². The topological polar surface area (TPSA) is 41.1 Å². The molecule has 0 aliphatic carbocycles. The molecule has 2 aromatic carbocycles. The zero-order chi connectivity index (χ0) is 16.8. The zero-order valence-electron chi connectivity index (χ0n) is 13.2. The van der Waals surface area contributed by atoms with Gasteiger partial charge in [0.2, 0.25) is 0 Å². The van der Waals surface area contributed by atoms with Crippen molar-refractivity contribution >= 4 is 5.91 Å². The summed E-state index contributed by atoms with van der Waals surface area (Å²) < 4.78 is 26.9. The van der Waals surface area contributed by atoms with Crippen LogP contribution in [0.5, 0.6) is 0 Å². The van der Waals surface area contributed by atoms with E-state index in [9.17, 15) is 13.6 Å². The number of carbonyl (C=O) groups excluding carboxylic acids is 1. The highest BCUT2D eigenvalue weighted by molar-refractivity contribution is 5.94. The van der Waals surface area contributed by atoms with Gasteiger partial charge in [-0.05, 0) is 49.7 Å². The quantitative estimate of drug-likeness (QED) is 0.855. The van der Waals surface area contributed by atoms with E-state index in [1.807, 2.05) is 19.1 Å². The lowest BCUT2D eigenvalue weighted by molar-refractivity contribution is 0.0956. The van der Waals surface area contributed by atoms with E-state index in [-0.39, 0.29) is 11.9 Å². The Kier molecular flexibility index (Phi) is 5.82. The van der Waals surface area contributed by atoms with Gasteiger partial charge in [0.15, 0.2) is 0 Å². The maximum atomic E-state index is 13.7. The number of halogens is 2. The third kappa shape index (κ3) is 4.60. The normalized spacial score (nSPS) is 12.0. The first-order chi connectivity index (χ1) is 11.0. The summed E-state index contributed by atoms with van der Waals surface area (Å²) in [5.41, 5.74) is 1.85. The first-order valence-corrected chi connectivity index (χ1v) is 7.56. The summed E-state index contributed by atoms with van der Waals surface area (Å²) in [5, 5.41) is 5.88. The van der Waals surface area contributed by atoms with Crippen LogP contribution in [0.25, 0.3) is 0 Å². The summed E-state index contributed by atoms with van der Waals surface area (Å²) in [6.07, 6.45) is 0. The van der Waals surface area contributed by atoms with Crippen molar-refractivity contribution in [3.05, 3.63) is 70.8 Å². The number of carbonyl (C=O) groups is 1. The molecule has 2 aromatic rings. The first kappa shape index (κ1) is 17.1. The molecule has 23 heavy (non-hydrogen) atoms. The number of rotatable bonds is 6. The summed E-state index contributed by atoms with van der Waals surface area (Å²) in [7, 11) is 0. The minimum atomic E-state index is -0.457. The van der Waals surface area contributed by atoms with Gasteiger partial charge in [-0.3, -0.25) is 4.79 Å². The fourth-order valence-electron chi connectivity index (χ4n) is 2.26. The van der Waals surface area contributed by atoms with Gasteiger partial charge in [-0.25, -0.2) is 8.78 Å². The second-order valence-electron chi connectivity index (χ2n) is 5.32. The molecule has 122 valence electrons. The Balaban J connectivity index is 1.97. The molecule has 0 unspecified atom stereocenters. The Morgan fingerprint density at radius 1 is 1.13 bits per heavy atom. The zero-order valence-corrected chi connectivity index (χ0v) is 13.2. The Bertz CT molecular complexity index is 671. The van der Waals surface area contributed by atoms with Crippen molar-refractivity contribution in [3.63, 3.8) is 0 Å². The van der Waals surface area contributed by atoms with E-state index in [2.05, 4.69) is 10.6 Å². The van der Waals surface area contributed by atoms with Crippen LogP contribution in [0.4, 0.5) is 8.78 Å². The van der Waals surface area contributed by atoms with Crippen LogP contribution < -0.4 is 10.6 Å². The predicted molar refractivity (Wildman–Crippen MR) is 86.1 cm³/mol. The van der Waals surface area contributed by atoms with Crippen molar-refractivity contribution in [2.75, 3.05) is 6.54 Å². The summed E-state index contributed by atoms with van der Waals surface area (Å²) in [6.45, 7) is 4.72. The van der Waals surface area contributed by atoms with Crippen LogP contribution in [-0.2, 0) is 6.54 Å². The maximum Gasteiger partial charge on any atom is 0.251 e. The van der Waals surface area contributed by atoms with Gasteiger partial charge >= 0.3 is 0 Å². The fraction of sp³-hybridized carbons (Fsp3) is 0.278. The third-order valence-electron chi connectivity index (χ3n) is 3.59. The summed E-state index contributed by atoms with van der Waals surface area (Å²) in [6, 6.07) is 10.3. The van der Waals surface area contributed by atoms with Crippen LogP contribution in [0.2, 0.25) is 0 Å². The van der Waals surface area contributed by atoms with Crippen molar-refractivity contribution in [3.8, 4) is 0 Å². The van der Waals surface area contributed by atoms with Gasteiger partial charge in [-0.2, -0.15) is 0 Å². The number of hydrogen-bond acceptors (Lipinski definition) is 2. The molecule has 3 nitrogen and oxygen atoms in total. The smallest absolute Gasteiger partial charge is 0.251 e. The Labute approximate surface area is 134 Å². The number of nitrogens with one attached hydrogen (secondary N) is 2. The second kappa shape index (κ2) is 7.83. The van der Waals surface area contributed by atoms with Crippen molar-refractivity contribution in [2.45, 2.75) is 26.4 Å². The molecule has 0 saturated carbocycles. The van der Waals surface area contributed by atoms with E-state index >= 15 is 0 Å². The van der Waals surface area contributed by atoms with E-state index in [1.165, 1.54) is 6.07 Å². The van der Waals surface area contributed by atoms with E-state index in [1.54, 1.807) is 19.1 Å². The highest BCUT2D eigenvalue weighted by Gasteiger charge is 2.11. The van der Waals surface area contributed by atoms with E-state index in [4.69, 9.17) is 0 Å². The minimum Gasteiger partial charge on any atom is -0.352 e. The van der Waals surface area contributed by atoms with Crippen molar-refractivity contribution in [1.82, 2.24) is 10.6 Å². The highest BCUT2D eigenvalue weighted by Crippen LogP contribution is 2.18. The lowest BCUT2D eigenvalue weighted by Crippen LogP contribution is -2.22. The Morgan fingerprint density at radius 3 is 2.48 bits per heavy atom. The average molecular weight is 318 g/mol. The third-order valence-corrected chi connectivity index (χ3v) is 3.59. The molecule has 1 amide bonds. The predicted octanol–water partition coefficient (Wildman–Crippen LogP) is 3.57. The molecular formula is C18H20F2N2O. The standard InChI is InChI=1S/C18H20F2N2O/c1-3-21-18(23)14-6-4-13(5-7-14)11-22-12(2)16-10-15(19)8-9-17(16)20/h4-10,12,22H,3,11H2,1-2H3,(H,21,23)/t12-/m1/s1. The SMILES string of the molecule is CCNC(=O)c1ccc(CN[C@H](C)c2cc(F)ccc2F)cc1. The Morgan fingerprint density at radius 2 is 1.83 bits per heavy atom. The van der Waals surface area contributed by atoms with Gasteiger partial charge in [0.25, 0.3) is 5.91 Å². The van der Waals surface area contributed by atoms with Crippen molar-refractivity contribution in [1.29, 1.82) is 0 Å². The minimum absolute atomic E-state index is 0.109. The van der Waals surface area contributed by atoms with Crippen LogP contribution in [-0.4, -0.2) is 12.5 Å². The highest BCUT2D eigenvalue weighted by atomic mass is 19.1. The fourth-order valence-corrected chi connectivity index (χ4v) is 2.26. The molecule has 0 radical (unpaired) electrons. The summed E-state index contributed by atoms with van der Waals surface area (Å²) in [4.78, 5) is 11.7. The van der Waals surface area contributed by atoms with Gasteiger partial charge in [0.1, 0.15) is 11.6 Å². The largest absolute Gasteiger partial charge is 0.352 e. The van der Waals surface area contributed by atoms with Gasteiger partial charge in [-0.15, -0.1) is 0 Å². The van der Waals surface area contributed by atoms with Gasteiger partial charge < -0.3 is 10.6 Å². The lowest BCUT2D eigenvalue weighted by Gasteiger charge is -2.15. The molecule has 0 saturated heterocycles. The molecule has 0 fully saturated rings. The van der Waals surface area contributed by atoms with E-state index < -0.39 is 11.6 Å². The van der Waals surface area contributed by atoms with Gasteiger partial charge in [-0.1, -0.05) is 12.1 Å². The van der Waals surface area contributed by atoms with E-state index in [0.29, 0.717) is 24.2 Å². The summed E-state index contributed by atoms with van der Waals surface area (Å²) >= 11 is 0. The summed E-state index contributed by atoms with van der Waals surface area (Å²) in [5.74, 6) is -0.999. The molecular weight excluding hydrogens is 298 g/mol. The van der Waals surface area contributed by atoms with E-state index in [0.717, 1.165) is 17.7 Å². The van der Waals surface area contributed by atoms with Crippen LogP contribution in [0.15, 0.2) is 42.5 Å². The molecule has 0 bridgehead atoms. The number of amides is 1. The number of benzene rings is 2. The molecule has 2 N–H and O–H groups in total.